The first-order chi connectivity index (χ1) is 15.4. The van der Waals surface area contributed by atoms with Gasteiger partial charge < -0.3 is 14.6 Å². The second kappa shape index (κ2) is 8.86. The highest BCUT2D eigenvalue weighted by Gasteiger charge is 2.48. The summed E-state index contributed by atoms with van der Waals surface area (Å²) >= 11 is 13.7. The predicted octanol–water partition coefficient (Wildman–Crippen LogP) is 5.70. The van der Waals surface area contributed by atoms with Crippen LogP contribution in [0.3, 0.4) is 0 Å². The SMILES string of the molecule is COc1ccccc1N1C(=O)C(=O)/C(=C(\O)c2cc(Cl)cc(Cl)c2OC)C1c1cccs1. The van der Waals surface area contributed by atoms with Gasteiger partial charge in [-0.3, -0.25) is 14.5 Å². The monoisotopic (exact) mass is 489 g/mol. The van der Waals surface area contributed by atoms with E-state index in [0.717, 1.165) is 0 Å². The molecule has 1 atom stereocenters. The molecule has 1 aliphatic rings. The molecule has 1 amide bonds. The average molecular weight is 490 g/mol. The topological polar surface area (TPSA) is 76.1 Å². The zero-order chi connectivity index (χ0) is 23.0. The molecule has 1 N–H and O–H groups in total. The molecule has 1 unspecified atom stereocenters. The van der Waals surface area contributed by atoms with E-state index >= 15 is 0 Å². The van der Waals surface area contributed by atoms with Crippen LogP contribution in [0.5, 0.6) is 11.5 Å². The van der Waals surface area contributed by atoms with E-state index in [1.165, 1.54) is 42.6 Å². The Morgan fingerprint density at radius 3 is 2.47 bits per heavy atom. The smallest absolute Gasteiger partial charge is 0.300 e. The molecule has 1 saturated heterocycles. The van der Waals surface area contributed by atoms with Crippen molar-refractivity contribution in [2.45, 2.75) is 6.04 Å². The molecule has 0 radical (unpaired) electrons. The van der Waals surface area contributed by atoms with Crippen LogP contribution in [-0.4, -0.2) is 31.0 Å². The zero-order valence-electron chi connectivity index (χ0n) is 17.0. The van der Waals surface area contributed by atoms with Crippen LogP contribution in [0, 0.1) is 0 Å². The Labute approximate surface area is 198 Å². The number of ketones is 1. The summed E-state index contributed by atoms with van der Waals surface area (Å²) in [5, 5.41) is 13.5. The quantitative estimate of drug-likeness (QED) is 0.282. The summed E-state index contributed by atoms with van der Waals surface area (Å²) in [6.45, 7) is 0. The van der Waals surface area contributed by atoms with Gasteiger partial charge in [0.05, 0.1) is 36.1 Å². The van der Waals surface area contributed by atoms with Gasteiger partial charge in [-0.1, -0.05) is 41.4 Å². The molecule has 1 aromatic heterocycles. The third-order valence-corrected chi connectivity index (χ3v) is 6.49. The normalized spacial score (nSPS) is 17.6. The van der Waals surface area contributed by atoms with Crippen LogP contribution < -0.4 is 14.4 Å². The second-order valence-electron chi connectivity index (χ2n) is 6.82. The first-order valence-electron chi connectivity index (χ1n) is 9.39. The highest BCUT2D eigenvalue weighted by Crippen LogP contribution is 2.47. The predicted molar refractivity (Wildman–Crippen MR) is 125 cm³/mol. The number of ether oxygens (including phenoxy) is 2. The molecule has 0 bridgehead atoms. The fourth-order valence-electron chi connectivity index (χ4n) is 3.71. The minimum absolute atomic E-state index is 0.0972. The van der Waals surface area contributed by atoms with Gasteiger partial charge in [0.1, 0.15) is 23.3 Å². The van der Waals surface area contributed by atoms with E-state index in [0.29, 0.717) is 16.3 Å². The Morgan fingerprint density at radius 2 is 1.81 bits per heavy atom. The third-order valence-electron chi connectivity index (χ3n) is 5.07. The number of Topliss-reactive ketones (excluding diaryl/α,β-unsaturated/α-hetero) is 1. The minimum Gasteiger partial charge on any atom is -0.507 e. The largest absolute Gasteiger partial charge is 0.507 e. The van der Waals surface area contributed by atoms with Crippen molar-refractivity contribution in [2.24, 2.45) is 0 Å². The number of halogens is 2. The van der Waals surface area contributed by atoms with E-state index in [2.05, 4.69) is 0 Å². The van der Waals surface area contributed by atoms with Crippen LogP contribution in [-0.2, 0) is 9.59 Å². The number of hydrogen-bond donors (Lipinski definition) is 1. The number of hydrogen-bond acceptors (Lipinski definition) is 6. The van der Waals surface area contributed by atoms with Gasteiger partial charge in [0.15, 0.2) is 0 Å². The molecular formula is C23H17Cl2NO5S. The van der Waals surface area contributed by atoms with Crippen molar-refractivity contribution in [3.63, 3.8) is 0 Å². The number of aliphatic hydroxyl groups excluding tert-OH is 1. The lowest BCUT2D eigenvalue weighted by Gasteiger charge is -2.25. The number of rotatable bonds is 5. The maximum absolute atomic E-state index is 13.2. The molecule has 1 fully saturated rings. The summed E-state index contributed by atoms with van der Waals surface area (Å²) in [5.41, 5.74) is 0.426. The Morgan fingerprint density at radius 1 is 1.06 bits per heavy atom. The average Bonchev–Trinajstić information content (AvgIpc) is 3.40. The number of carbonyl (C=O) groups excluding carboxylic acids is 2. The molecule has 6 nitrogen and oxygen atoms in total. The zero-order valence-corrected chi connectivity index (χ0v) is 19.3. The number of amides is 1. The molecule has 0 spiro atoms. The Hall–Kier alpha value is -3.00. The van der Waals surface area contributed by atoms with Crippen molar-refractivity contribution in [3.05, 3.63) is 80.0 Å². The highest BCUT2D eigenvalue weighted by atomic mass is 35.5. The summed E-state index contributed by atoms with van der Waals surface area (Å²) in [5.74, 6) is -1.51. The van der Waals surface area contributed by atoms with E-state index in [4.69, 9.17) is 32.7 Å². The number of methoxy groups -OCH3 is 2. The summed E-state index contributed by atoms with van der Waals surface area (Å²) in [4.78, 5) is 28.5. The van der Waals surface area contributed by atoms with Crippen molar-refractivity contribution in [1.82, 2.24) is 0 Å². The third kappa shape index (κ3) is 3.62. The first kappa shape index (κ1) is 22.2. The molecule has 2 heterocycles. The van der Waals surface area contributed by atoms with Crippen LogP contribution in [0.2, 0.25) is 10.0 Å². The van der Waals surface area contributed by atoms with E-state index in [1.54, 1.807) is 36.4 Å². The van der Waals surface area contributed by atoms with Crippen molar-refractivity contribution < 1.29 is 24.2 Å². The lowest BCUT2D eigenvalue weighted by molar-refractivity contribution is -0.132. The Balaban J connectivity index is 2.00. The Bertz CT molecular complexity index is 1240. The van der Waals surface area contributed by atoms with Gasteiger partial charge in [-0.2, -0.15) is 0 Å². The van der Waals surface area contributed by atoms with Crippen molar-refractivity contribution in [3.8, 4) is 11.5 Å². The number of anilines is 1. The van der Waals surface area contributed by atoms with E-state index < -0.39 is 23.5 Å². The molecule has 32 heavy (non-hydrogen) atoms. The maximum Gasteiger partial charge on any atom is 0.300 e. The van der Waals surface area contributed by atoms with Gasteiger partial charge in [-0.25, -0.2) is 0 Å². The molecule has 164 valence electrons. The van der Waals surface area contributed by atoms with Gasteiger partial charge in [0.25, 0.3) is 11.7 Å². The summed E-state index contributed by atoms with van der Waals surface area (Å²) in [7, 11) is 2.87. The fourth-order valence-corrected chi connectivity index (χ4v) is 5.11. The van der Waals surface area contributed by atoms with E-state index in [1.807, 2.05) is 5.38 Å². The Kier molecular flexibility index (Phi) is 6.15. The van der Waals surface area contributed by atoms with Crippen LogP contribution in [0.4, 0.5) is 5.69 Å². The second-order valence-corrected chi connectivity index (χ2v) is 8.65. The van der Waals surface area contributed by atoms with Gasteiger partial charge in [0, 0.05) is 9.90 Å². The number of para-hydroxylation sites is 2. The molecule has 9 heteroatoms. The van der Waals surface area contributed by atoms with Gasteiger partial charge in [-0.15, -0.1) is 11.3 Å². The molecule has 1 aliphatic heterocycles. The number of carbonyl (C=O) groups is 2. The highest BCUT2D eigenvalue weighted by molar-refractivity contribution is 7.10. The molecule has 2 aromatic carbocycles. The molecule has 3 aromatic rings. The van der Waals surface area contributed by atoms with Crippen LogP contribution in [0.25, 0.3) is 5.76 Å². The standard InChI is InChI=1S/C23H17Cl2NO5S/c1-30-16-7-4-3-6-15(16)26-19(17-8-5-9-32-17)18(21(28)23(26)29)20(27)13-10-12(24)11-14(25)22(13)31-2/h3-11,19,27H,1-2H3/b20-18-. The van der Waals surface area contributed by atoms with Crippen LogP contribution in [0.1, 0.15) is 16.5 Å². The van der Waals surface area contributed by atoms with E-state index in [-0.39, 0.29) is 26.9 Å². The summed E-state index contributed by atoms with van der Waals surface area (Å²) in [6.07, 6.45) is 0. The maximum atomic E-state index is 13.2. The van der Waals surface area contributed by atoms with Crippen LogP contribution in [0.15, 0.2) is 59.5 Å². The number of aliphatic hydroxyl groups is 1. The van der Waals surface area contributed by atoms with Crippen molar-refractivity contribution in [1.29, 1.82) is 0 Å². The van der Waals surface area contributed by atoms with Crippen molar-refractivity contribution in [2.75, 3.05) is 19.1 Å². The van der Waals surface area contributed by atoms with Gasteiger partial charge >= 0.3 is 0 Å². The van der Waals surface area contributed by atoms with Crippen LogP contribution >= 0.6 is 34.5 Å². The molecule has 0 saturated carbocycles. The lowest BCUT2D eigenvalue weighted by atomic mass is 9.99. The molecule has 4 rings (SSSR count). The molecule has 0 aliphatic carbocycles. The minimum atomic E-state index is -0.881. The number of nitrogens with zero attached hydrogens (tertiary/aromatic N) is 1. The first-order valence-corrected chi connectivity index (χ1v) is 11.0. The fraction of sp³-hybridized carbons (Fsp3) is 0.130. The molecular weight excluding hydrogens is 473 g/mol. The van der Waals surface area contributed by atoms with Crippen molar-refractivity contribution >= 4 is 57.7 Å². The number of thiophene rings is 1. The summed E-state index contributed by atoms with van der Waals surface area (Å²) in [6, 6.07) is 12.5. The van der Waals surface area contributed by atoms with Gasteiger partial charge in [0.2, 0.25) is 0 Å². The van der Waals surface area contributed by atoms with E-state index in [9.17, 15) is 14.7 Å². The summed E-state index contributed by atoms with van der Waals surface area (Å²) < 4.78 is 10.8. The van der Waals surface area contributed by atoms with Gasteiger partial charge in [-0.05, 0) is 35.7 Å². The lowest BCUT2D eigenvalue weighted by Crippen LogP contribution is -2.29. The number of benzene rings is 2.